The number of carbonyl (C=O) groups is 3. The van der Waals surface area contributed by atoms with E-state index in [0.717, 1.165) is 12.8 Å². The summed E-state index contributed by atoms with van der Waals surface area (Å²) >= 11 is 6.20. The van der Waals surface area contributed by atoms with E-state index in [9.17, 15) is 14.4 Å². The van der Waals surface area contributed by atoms with Crippen LogP contribution < -0.4 is 20.1 Å². The van der Waals surface area contributed by atoms with Gasteiger partial charge >= 0.3 is 5.97 Å². The molecule has 1 aromatic carbocycles. The number of nitrogens with one attached hydrogen (secondary N) is 2. The Labute approximate surface area is 174 Å². The fraction of sp³-hybridized carbons (Fsp3) is 0.450. The number of hydrogen-bond acceptors (Lipinski definition) is 6. The molecule has 2 amide bonds. The predicted octanol–water partition coefficient (Wildman–Crippen LogP) is 2.09. The zero-order valence-corrected chi connectivity index (χ0v) is 17.2. The molecule has 0 saturated heterocycles. The van der Waals surface area contributed by atoms with Crippen LogP contribution >= 0.6 is 11.6 Å². The third kappa shape index (κ3) is 7.30. The Morgan fingerprint density at radius 1 is 1.28 bits per heavy atom. The van der Waals surface area contributed by atoms with Gasteiger partial charge in [-0.15, -0.1) is 0 Å². The molecular weight excluding hydrogens is 400 g/mol. The SMILES string of the molecule is CCCNC(=O)[C@@H](C)NC(=O)COC(=O)/C=C/c1cc(Cl)c2c(c1)OCCCO2. The minimum atomic E-state index is -0.716. The van der Waals surface area contributed by atoms with E-state index in [2.05, 4.69) is 10.6 Å². The topological polar surface area (TPSA) is 103 Å². The van der Waals surface area contributed by atoms with Gasteiger partial charge in [-0.2, -0.15) is 0 Å². The molecule has 0 unspecified atom stereocenters. The second-order valence-corrected chi connectivity index (χ2v) is 6.81. The van der Waals surface area contributed by atoms with Crippen molar-refractivity contribution in [1.82, 2.24) is 10.6 Å². The summed E-state index contributed by atoms with van der Waals surface area (Å²) in [4.78, 5) is 35.4. The lowest BCUT2D eigenvalue weighted by Gasteiger charge is -2.13. The molecule has 1 atom stereocenters. The van der Waals surface area contributed by atoms with Crippen LogP contribution in [0.5, 0.6) is 11.5 Å². The summed E-state index contributed by atoms with van der Waals surface area (Å²) in [7, 11) is 0. The van der Waals surface area contributed by atoms with Crippen LogP contribution in [0.15, 0.2) is 18.2 Å². The summed E-state index contributed by atoms with van der Waals surface area (Å²) in [6.07, 6.45) is 4.23. The Balaban J connectivity index is 1.84. The standard InChI is InChI=1S/C20H25ClN2O6/c1-3-7-22-20(26)13(2)23-17(24)12-29-18(25)6-5-14-10-15(21)19-16(11-14)27-8-4-9-28-19/h5-6,10-11,13H,3-4,7-9,12H2,1-2H3,(H,22,26)(H,23,24)/b6-5+/t13-/m1/s1. The van der Waals surface area contributed by atoms with Gasteiger partial charge in [-0.3, -0.25) is 9.59 Å². The smallest absolute Gasteiger partial charge is 0.331 e. The normalized spacial score (nSPS) is 14.0. The molecule has 0 radical (unpaired) electrons. The van der Waals surface area contributed by atoms with Crippen molar-refractivity contribution in [3.05, 3.63) is 28.8 Å². The zero-order valence-electron chi connectivity index (χ0n) is 16.5. The Kier molecular flexibility index (Phi) is 8.79. The molecule has 1 heterocycles. The fourth-order valence-electron chi connectivity index (χ4n) is 2.45. The van der Waals surface area contributed by atoms with E-state index < -0.39 is 24.5 Å². The van der Waals surface area contributed by atoms with Crippen LogP contribution in [0.1, 0.15) is 32.3 Å². The van der Waals surface area contributed by atoms with E-state index in [1.807, 2.05) is 6.92 Å². The van der Waals surface area contributed by atoms with Gasteiger partial charge in [-0.25, -0.2) is 4.79 Å². The Bertz CT molecular complexity index is 780. The van der Waals surface area contributed by atoms with Crippen LogP contribution in [0.4, 0.5) is 0 Å². The number of halogens is 1. The largest absolute Gasteiger partial charge is 0.489 e. The Morgan fingerprint density at radius 3 is 2.79 bits per heavy atom. The molecule has 9 heteroatoms. The molecule has 1 aliphatic rings. The van der Waals surface area contributed by atoms with E-state index in [1.54, 1.807) is 19.1 Å². The third-order valence-corrected chi connectivity index (χ3v) is 4.18. The van der Waals surface area contributed by atoms with Crippen molar-refractivity contribution in [2.45, 2.75) is 32.7 Å². The lowest BCUT2D eigenvalue weighted by atomic mass is 10.2. The quantitative estimate of drug-likeness (QED) is 0.489. The van der Waals surface area contributed by atoms with Gasteiger partial charge in [0.05, 0.1) is 18.2 Å². The third-order valence-electron chi connectivity index (χ3n) is 3.90. The first-order valence-corrected chi connectivity index (χ1v) is 9.79. The van der Waals surface area contributed by atoms with Crippen molar-refractivity contribution < 1.29 is 28.6 Å². The monoisotopic (exact) mass is 424 g/mol. The van der Waals surface area contributed by atoms with Gasteiger partial charge in [0.1, 0.15) is 6.04 Å². The maximum atomic E-state index is 11.9. The number of esters is 1. The van der Waals surface area contributed by atoms with Crippen LogP contribution in [0, 0.1) is 0 Å². The van der Waals surface area contributed by atoms with Gasteiger partial charge < -0.3 is 24.8 Å². The van der Waals surface area contributed by atoms with E-state index in [-0.39, 0.29) is 5.91 Å². The predicted molar refractivity (Wildman–Crippen MR) is 108 cm³/mol. The molecule has 8 nitrogen and oxygen atoms in total. The van der Waals surface area contributed by atoms with Gasteiger partial charge in [-0.1, -0.05) is 18.5 Å². The molecule has 158 valence electrons. The summed E-state index contributed by atoms with van der Waals surface area (Å²) in [6.45, 7) is 4.56. The first-order chi connectivity index (χ1) is 13.9. The number of benzene rings is 1. The highest BCUT2D eigenvalue weighted by Crippen LogP contribution is 2.38. The number of ether oxygens (including phenoxy) is 3. The first kappa shape index (κ1) is 22.5. The molecule has 0 saturated carbocycles. The molecule has 29 heavy (non-hydrogen) atoms. The lowest BCUT2D eigenvalue weighted by Crippen LogP contribution is -2.46. The lowest BCUT2D eigenvalue weighted by molar-refractivity contribution is -0.144. The average Bonchev–Trinajstić information content (AvgIpc) is 2.94. The second kappa shape index (κ2) is 11.3. The minimum Gasteiger partial charge on any atom is -0.489 e. The maximum absolute atomic E-state index is 11.9. The summed E-state index contributed by atoms with van der Waals surface area (Å²) in [6, 6.07) is 2.63. The van der Waals surface area contributed by atoms with Crippen molar-refractivity contribution in [1.29, 1.82) is 0 Å². The van der Waals surface area contributed by atoms with Gasteiger partial charge in [0.2, 0.25) is 5.91 Å². The Morgan fingerprint density at radius 2 is 2.03 bits per heavy atom. The highest BCUT2D eigenvalue weighted by atomic mass is 35.5. The molecule has 2 rings (SSSR count). The molecule has 0 aliphatic carbocycles. The van der Waals surface area contributed by atoms with E-state index in [1.165, 1.54) is 12.2 Å². The molecule has 0 spiro atoms. The number of fused-ring (bicyclic) bond motifs is 1. The molecule has 0 aromatic heterocycles. The van der Waals surface area contributed by atoms with Crippen LogP contribution in [0.2, 0.25) is 5.02 Å². The van der Waals surface area contributed by atoms with Crippen LogP contribution in [-0.4, -0.2) is 50.2 Å². The highest BCUT2D eigenvalue weighted by Gasteiger charge is 2.16. The molecule has 2 N–H and O–H groups in total. The molecule has 1 aromatic rings. The summed E-state index contributed by atoms with van der Waals surface area (Å²) in [5, 5.41) is 5.52. The highest BCUT2D eigenvalue weighted by molar-refractivity contribution is 6.32. The summed E-state index contributed by atoms with van der Waals surface area (Å²) < 4.78 is 16.0. The summed E-state index contributed by atoms with van der Waals surface area (Å²) in [5.74, 6) is -0.566. The minimum absolute atomic E-state index is 0.294. The van der Waals surface area contributed by atoms with Crippen LogP contribution in [0.3, 0.4) is 0 Å². The molecule has 0 bridgehead atoms. The first-order valence-electron chi connectivity index (χ1n) is 9.41. The van der Waals surface area contributed by atoms with E-state index in [0.29, 0.717) is 41.8 Å². The van der Waals surface area contributed by atoms with Gasteiger partial charge in [-0.05, 0) is 37.1 Å². The Hall–Kier alpha value is -2.74. The van der Waals surface area contributed by atoms with Crippen molar-refractivity contribution in [3.63, 3.8) is 0 Å². The number of rotatable bonds is 8. The van der Waals surface area contributed by atoms with Gasteiger partial charge in [0.25, 0.3) is 5.91 Å². The van der Waals surface area contributed by atoms with Crippen molar-refractivity contribution in [3.8, 4) is 11.5 Å². The second-order valence-electron chi connectivity index (χ2n) is 6.40. The van der Waals surface area contributed by atoms with Crippen molar-refractivity contribution >= 4 is 35.5 Å². The van der Waals surface area contributed by atoms with E-state index >= 15 is 0 Å². The van der Waals surface area contributed by atoms with Crippen LogP contribution in [0.25, 0.3) is 6.08 Å². The van der Waals surface area contributed by atoms with Crippen LogP contribution in [-0.2, 0) is 19.1 Å². The molecular formula is C20H25ClN2O6. The molecule has 0 fully saturated rings. The van der Waals surface area contributed by atoms with Crippen molar-refractivity contribution in [2.75, 3.05) is 26.4 Å². The number of hydrogen-bond donors (Lipinski definition) is 2. The molecule has 1 aliphatic heterocycles. The van der Waals surface area contributed by atoms with E-state index in [4.69, 9.17) is 25.8 Å². The maximum Gasteiger partial charge on any atom is 0.331 e. The van der Waals surface area contributed by atoms with Gasteiger partial charge in [0.15, 0.2) is 18.1 Å². The fourth-order valence-corrected chi connectivity index (χ4v) is 2.72. The number of amides is 2. The number of carbonyl (C=O) groups excluding carboxylic acids is 3. The van der Waals surface area contributed by atoms with Crippen molar-refractivity contribution in [2.24, 2.45) is 0 Å². The average molecular weight is 425 g/mol. The summed E-state index contributed by atoms with van der Waals surface area (Å²) in [5.41, 5.74) is 0.627. The van der Waals surface area contributed by atoms with Gasteiger partial charge in [0, 0.05) is 19.0 Å². The zero-order chi connectivity index (χ0) is 21.2.